The molecule has 1 aliphatic carbocycles. The molecule has 0 radical (unpaired) electrons. The zero-order valence-electron chi connectivity index (χ0n) is 17.3. The van der Waals surface area contributed by atoms with Crippen molar-refractivity contribution < 1.29 is 9.59 Å². The van der Waals surface area contributed by atoms with E-state index in [1.54, 1.807) is 0 Å². The molecular weight excluding hydrogens is 374 g/mol. The van der Waals surface area contributed by atoms with Gasteiger partial charge in [0.25, 0.3) is 11.8 Å². The number of para-hydroxylation sites is 1. The summed E-state index contributed by atoms with van der Waals surface area (Å²) in [7, 11) is 0. The van der Waals surface area contributed by atoms with Crippen LogP contribution < -0.4 is 0 Å². The fourth-order valence-electron chi connectivity index (χ4n) is 5.85. The van der Waals surface area contributed by atoms with Crippen LogP contribution >= 0.6 is 0 Å². The number of hydrogen-bond acceptors (Lipinski definition) is 3. The molecule has 6 rings (SSSR count). The largest absolute Gasteiger partial charge is 0.354 e. The molecule has 3 aromatic rings. The highest BCUT2D eigenvalue weighted by molar-refractivity contribution is 6.31. The molecule has 0 atom stereocenters. The van der Waals surface area contributed by atoms with Gasteiger partial charge in [-0.3, -0.25) is 14.5 Å². The Hall–Kier alpha value is -2.66. The number of piperidine rings is 1. The number of nitrogens with zero attached hydrogens (tertiary/aromatic N) is 2. The maximum absolute atomic E-state index is 13.5. The van der Waals surface area contributed by atoms with E-state index in [9.17, 15) is 9.59 Å². The van der Waals surface area contributed by atoms with Gasteiger partial charge in [-0.2, -0.15) is 0 Å². The van der Waals surface area contributed by atoms with E-state index >= 15 is 0 Å². The van der Waals surface area contributed by atoms with Gasteiger partial charge in [-0.15, -0.1) is 0 Å². The van der Waals surface area contributed by atoms with Crippen molar-refractivity contribution in [2.24, 2.45) is 0 Å². The van der Waals surface area contributed by atoms with Crippen molar-refractivity contribution in [2.75, 3.05) is 26.2 Å². The molecule has 154 valence electrons. The Morgan fingerprint density at radius 2 is 1.60 bits per heavy atom. The van der Waals surface area contributed by atoms with E-state index in [2.05, 4.69) is 22.0 Å². The van der Waals surface area contributed by atoms with Crippen molar-refractivity contribution in [3.8, 4) is 0 Å². The molecule has 2 aliphatic heterocycles. The van der Waals surface area contributed by atoms with Gasteiger partial charge in [0.2, 0.25) is 0 Å². The Bertz CT molecular complexity index is 1190. The van der Waals surface area contributed by atoms with Gasteiger partial charge in [-0.05, 0) is 75.4 Å². The van der Waals surface area contributed by atoms with Crippen molar-refractivity contribution in [1.29, 1.82) is 0 Å². The Kier molecular flexibility index (Phi) is 4.20. The summed E-state index contributed by atoms with van der Waals surface area (Å²) in [5.74, 6) is -0.169. The summed E-state index contributed by atoms with van der Waals surface area (Å²) in [5.41, 5.74) is 5.81. The minimum absolute atomic E-state index is 0.0704. The van der Waals surface area contributed by atoms with E-state index in [-0.39, 0.29) is 11.8 Å². The van der Waals surface area contributed by atoms with Gasteiger partial charge in [0, 0.05) is 22.8 Å². The monoisotopic (exact) mass is 401 g/mol. The highest BCUT2D eigenvalue weighted by Gasteiger charge is 2.41. The zero-order chi connectivity index (χ0) is 20.2. The molecule has 0 saturated carbocycles. The lowest BCUT2D eigenvalue weighted by molar-refractivity contribution is 0.0646. The number of likely N-dealkylation sites (tertiary alicyclic amines) is 1. The number of nitrogens with one attached hydrogen (secondary N) is 1. The van der Waals surface area contributed by atoms with Gasteiger partial charge in [0.05, 0.1) is 16.6 Å². The first-order valence-corrected chi connectivity index (χ1v) is 11.4. The molecule has 5 heteroatoms. The standard InChI is InChI=1S/C25H27N3O2/c29-24-21-16-9-6-10-17(16)23-20(18-8-2-3-11-19(18)26-23)22(21)25(30)28(24)15-7-14-27-12-4-1-5-13-27/h2-3,8,11,26H,1,4-7,9-10,12-15H2. The molecule has 1 fully saturated rings. The molecule has 30 heavy (non-hydrogen) atoms. The SMILES string of the molecule is O=C1c2c3c(c4[nH]c5ccccc5c4c2C(=O)N1CCCN1CCCCC1)CCC3. The van der Waals surface area contributed by atoms with Gasteiger partial charge in [0.15, 0.2) is 0 Å². The Morgan fingerprint density at radius 3 is 2.47 bits per heavy atom. The fraction of sp³-hybridized carbons (Fsp3) is 0.440. The summed E-state index contributed by atoms with van der Waals surface area (Å²) in [6.07, 6.45) is 7.61. The maximum atomic E-state index is 13.5. The van der Waals surface area contributed by atoms with Crippen LogP contribution in [0, 0.1) is 0 Å². The first-order valence-electron chi connectivity index (χ1n) is 11.4. The number of amides is 2. The van der Waals surface area contributed by atoms with Crippen LogP contribution in [-0.2, 0) is 12.8 Å². The van der Waals surface area contributed by atoms with Gasteiger partial charge in [0.1, 0.15) is 0 Å². The third-order valence-electron chi connectivity index (χ3n) is 7.25. The van der Waals surface area contributed by atoms with Crippen LogP contribution in [0.25, 0.3) is 21.8 Å². The number of hydrogen-bond donors (Lipinski definition) is 1. The lowest BCUT2D eigenvalue weighted by Gasteiger charge is -2.27. The van der Waals surface area contributed by atoms with E-state index in [0.29, 0.717) is 17.7 Å². The van der Waals surface area contributed by atoms with Crippen molar-refractivity contribution in [3.05, 3.63) is 46.5 Å². The number of carbonyl (C=O) groups excluding carboxylic acids is 2. The Labute approximate surface area is 176 Å². The Morgan fingerprint density at radius 1 is 0.833 bits per heavy atom. The number of aromatic amines is 1. The van der Waals surface area contributed by atoms with Crippen LogP contribution in [0.2, 0.25) is 0 Å². The van der Waals surface area contributed by atoms with Crippen LogP contribution in [0.1, 0.15) is 63.9 Å². The van der Waals surface area contributed by atoms with Gasteiger partial charge >= 0.3 is 0 Å². The molecule has 5 nitrogen and oxygen atoms in total. The van der Waals surface area contributed by atoms with Crippen LogP contribution in [0.15, 0.2) is 24.3 Å². The summed E-state index contributed by atoms with van der Waals surface area (Å²) in [6.45, 7) is 3.77. The predicted octanol–water partition coefficient (Wildman–Crippen LogP) is 4.28. The second-order valence-electron chi connectivity index (χ2n) is 9.00. The van der Waals surface area contributed by atoms with Crippen molar-refractivity contribution in [1.82, 2.24) is 14.8 Å². The second kappa shape index (κ2) is 6.95. The highest BCUT2D eigenvalue weighted by Crippen LogP contribution is 2.43. The normalized spacial score (nSPS) is 19.3. The maximum Gasteiger partial charge on any atom is 0.262 e. The summed E-state index contributed by atoms with van der Waals surface area (Å²) in [5, 5.41) is 2.01. The zero-order valence-corrected chi connectivity index (χ0v) is 17.3. The minimum atomic E-state index is -0.0990. The molecule has 1 aromatic heterocycles. The average molecular weight is 402 g/mol. The quantitative estimate of drug-likeness (QED) is 0.664. The van der Waals surface area contributed by atoms with E-state index < -0.39 is 0 Å². The number of rotatable bonds is 4. The Balaban J connectivity index is 1.40. The number of aromatic nitrogens is 1. The number of fused-ring (bicyclic) bond motifs is 8. The van der Waals surface area contributed by atoms with Crippen LogP contribution in [0.5, 0.6) is 0 Å². The second-order valence-corrected chi connectivity index (χ2v) is 9.00. The summed E-state index contributed by atoms with van der Waals surface area (Å²) < 4.78 is 0. The lowest BCUT2D eigenvalue weighted by atomic mass is 9.94. The number of H-pyrrole nitrogens is 1. The average Bonchev–Trinajstić information content (AvgIpc) is 3.45. The van der Waals surface area contributed by atoms with Gasteiger partial charge in [-0.1, -0.05) is 24.6 Å². The fourth-order valence-corrected chi connectivity index (χ4v) is 5.85. The number of imide groups is 1. The molecule has 1 N–H and O–H groups in total. The van der Waals surface area contributed by atoms with E-state index in [1.165, 1.54) is 29.7 Å². The van der Waals surface area contributed by atoms with Crippen LogP contribution in [0.3, 0.4) is 0 Å². The predicted molar refractivity (Wildman–Crippen MR) is 118 cm³/mol. The molecule has 3 aliphatic rings. The molecular formula is C25H27N3O2. The summed E-state index contributed by atoms with van der Waals surface area (Å²) in [4.78, 5) is 34.5. The third kappa shape index (κ3) is 2.58. The molecule has 1 saturated heterocycles. The first kappa shape index (κ1) is 18.1. The van der Waals surface area contributed by atoms with Crippen molar-refractivity contribution in [2.45, 2.75) is 44.9 Å². The van der Waals surface area contributed by atoms with Crippen LogP contribution in [-0.4, -0.2) is 52.8 Å². The molecule has 3 heterocycles. The van der Waals surface area contributed by atoms with E-state index in [1.807, 2.05) is 12.1 Å². The molecule has 2 aromatic carbocycles. The number of carbonyl (C=O) groups is 2. The first-order chi connectivity index (χ1) is 14.7. The van der Waals surface area contributed by atoms with Crippen molar-refractivity contribution >= 4 is 33.6 Å². The third-order valence-corrected chi connectivity index (χ3v) is 7.25. The molecule has 0 bridgehead atoms. The molecule has 2 amide bonds. The van der Waals surface area contributed by atoms with Crippen molar-refractivity contribution in [3.63, 3.8) is 0 Å². The number of aryl methyl sites for hydroxylation is 1. The lowest BCUT2D eigenvalue weighted by Crippen LogP contribution is -2.35. The van der Waals surface area contributed by atoms with E-state index in [0.717, 1.165) is 72.7 Å². The van der Waals surface area contributed by atoms with Gasteiger partial charge < -0.3 is 9.88 Å². The topological polar surface area (TPSA) is 56.4 Å². The minimum Gasteiger partial charge on any atom is -0.354 e. The van der Waals surface area contributed by atoms with Crippen LogP contribution in [0.4, 0.5) is 0 Å². The molecule has 0 spiro atoms. The van der Waals surface area contributed by atoms with Gasteiger partial charge in [-0.25, -0.2) is 0 Å². The smallest absolute Gasteiger partial charge is 0.262 e. The number of benzene rings is 2. The summed E-state index contributed by atoms with van der Waals surface area (Å²) in [6, 6.07) is 8.14. The van der Waals surface area contributed by atoms with E-state index in [4.69, 9.17) is 0 Å². The molecule has 0 unspecified atom stereocenters. The highest BCUT2D eigenvalue weighted by atomic mass is 16.2. The summed E-state index contributed by atoms with van der Waals surface area (Å²) >= 11 is 0.